The molecule has 0 bridgehead atoms. The highest BCUT2D eigenvalue weighted by Crippen LogP contribution is 2.12. The minimum absolute atomic E-state index is 0.0534. The Morgan fingerprint density at radius 1 is 1.47 bits per heavy atom. The van der Waals surface area contributed by atoms with Crippen molar-refractivity contribution in [1.82, 2.24) is 10.6 Å². The van der Waals surface area contributed by atoms with Gasteiger partial charge in [0.2, 0.25) is 5.91 Å². The average molecular weight is 214 g/mol. The Balaban J connectivity index is 2.16. The van der Waals surface area contributed by atoms with E-state index in [4.69, 9.17) is 4.74 Å². The van der Waals surface area contributed by atoms with Crippen molar-refractivity contribution in [3.8, 4) is 0 Å². The van der Waals surface area contributed by atoms with Crippen LogP contribution < -0.4 is 10.6 Å². The van der Waals surface area contributed by atoms with Gasteiger partial charge in [0.1, 0.15) is 6.10 Å². The van der Waals surface area contributed by atoms with Gasteiger partial charge < -0.3 is 15.4 Å². The molecular formula is C11H22N2O2. The smallest absolute Gasteiger partial charge is 0.249 e. The van der Waals surface area contributed by atoms with Gasteiger partial charge in [-0.3, -0.25) is 4.79 Å². The molecule has 1 fully saturated rings. The Bertz CT molecular complexity index is 191. The van der Waals surface area contributed by atoms with Gasteiger partial charge in [0.15, 0.2) is 0 Å². The lowest BCUT2D eigenvalue weighted by molar-refractivity contribution is -0.135. The lowest BCUT2D eigenvalue weighted by atomic mass is 10.1. The third-order valence-electron chi connectivity index (χ3n) is 2.65. The summed E-state index contributed by atoms with van der Waals surface area (Å²) in [5, 5.41) is 6.02. The number of carbonyl (C=O) groups is 1. The van der Waals surface area contributed by atoms with Gasteiger partial charge in [-0.25, -0.2) is 0 Å². The number of amides is 1. The summed E-state index contributed by atoms with van der Waals surface area (Å²) in [6, 6.07) is 0. The molecule has 0 saturated carbocycles. The molecule has 1 aliphatic rings. The second-order valence-corrected chi connectivity index (χ2v) is 4.26. The maximum absolute atomic E-state index is 11.7. The molecule has 0 radical (unpaired) electrons. The summed E-state index contributed by atoms with van der Waals surface area (Å²) in [5.74, 6) is 0.514. The Hall–Kier alpha value is -0.610. The summed E-state index contributed by atoms with van der Waals surface area (Å²) in [5.41, 5.74) is 0. The van der Waals surface area contributed by atoms with Crippen molar-refractivity contribution >= 4 is 5.91 Å². The normalized spacial score (nSPS) is 23.5. The van der Waals surface area contributed by atoms with E-state index in [9.17, 15) is 4.79 Å². The molecule has 0 aliphatic carbocycles. The maximum atomic E-state index is 11.7. The fourth-order valence-corrected chi connectivity index (χ4v) is 1.76. The fraction of sp³-hybridized carbons (Fsp3) is 0.909. The van der Waals surface area contributed by atoms with Crippen LogP contribution in [-0.2, 0) is 9.53 Å². The van der Waals surface area contributed by atoms with Crippen LogP contribution in [0.2, 0.25) is 0 Å². The summed E-state index contributed by atoms with van der Waals surface area (Å²) in [4.78, 5) is 11.7. The maximum Gasteiger partial charge on any atom is 0.249 e. The standard InChI is InChI=1S/C11H22N2O2/c1-9(7-12-2)8-13-11(14)10-5-3-4-6-15-10/h9-10,12H,3-8H2,1-2H3,(H,13,14). The van der Waals surface area contributed by atoms with E-state index >= 15 is 0 Å². The number of nitrogens with one attached hydrogen (secondary N) is 2. The van der Waals surface area contributed by atoms with Gasteiger partial charge >= 0.3 is 0 Å². The summed E-state index contributed by atoms with van der Waals surface area (Å²) in [7, 11) is 1.92. The van der Waals surface area contributed by atoms with Gasteiger partial charge in [0, 0.05) is 13.2 Å². The van der Waals surface area contributed by atoms with E-state index in [0.29, 0.717) is 5.92 Å². The van der Waals surface area contributed by atoms with Gasteiger partial charge in [0.25, 0.3) is 0 Å². The van der Waals surface area contributed by atoms with Crippen LogP contribution in [0, 0.1) is 5.92 Å². The number of carbonyl (C=O) groups excluding carboxylic acids is 1. The summed E-state index contributed by atoms with van der Waals surface area (Å²) in [6.07, 6.45) is 2.84. The van der Waals surface area contributed by atoms with E-state index in [0.717, 1.165) is 39.0 Å². The molecule has 1 rings (SSSR count). The van der Waals surface area contributed by atoms with E-state index in [2.05, 4.69) is 17.6 Å². The van der Waals surface area contributed by atoms with E-state index in [1.807, 2.05) is 7.05 Å². The van der Waals surface area contributed by atoms with Gasteiger partial charge in [-0.1, -0.05) is 6.92 Å². The molecule has 1 aliphatic heterocycles. The van der Waals surface area contributed by atoms with E-state index in [1.165, 1.54) is 0 Å². The van der Waals surface area contributed by atoms with Crippen molar-refractivity contribution in [2.75, 3.05) is 26.7 Å². The predicted molar refractivity (Wildman–Crippen MR) is 59.7 cm³/mol. The molecule has 2 N–H and O–H groups in total. The van der Waals surface area contributed by atoms with Crippen LogP contribution in [0.1, 0.15) is 26.2 Å². The first-order valence-electron chi connectivity index (χ1n) is 5.78. The summed E-state index contributed by atoms with van der Waals surface area (Å²) >= 11 is 0. The second kappa shape index (κ2) is 6.80. The monoisotopic (exact) mass is 214 g/mol. The van der Waals surface area contributed by atoms with Crippen LogP contribution in [0.4, 0.5) is 0 Å². The van der Waals surface area contributed by atoms with Crippen LogP contribution in [-0.4, -0.2) is 38.8 Å². The quantitative estimate of drug-likeness (QED) is 0.702. The first-order valence-corrected chi connectivity index (χ1v) is 5.78. The molecule has 1 amide bonds. The number of rotatable bonds is 5. The highest BCUT2D eigenvalue weighted by molar-refractivity contribution is 5.80. The van der Waals surface area contributed by atoms with Gasteiger partial charge in [-0.2, -0.15) is 0 Å². The van der Waals surface area contributed by atoms with Crippen molar-refractivity contribution in [1.29, 1.82) is 0 Å². The lowest BCUT2D eigenvalue weighted by Crippen LogP contribution is -2.41. The van der Waals surface area contributed by atoms with Crippen molar-refractivity contribution in [3.63, 3.8) is 0 Å². The Labute approximate surface area is 91.8 Å². The average Bonchev–Trinajstić information content (AvgIpc) is 2.27. The lowest BCUT2D eigenvalue weighted by Gasteiger charge is -2.22. The first kappa shape index (κ1) is 12.5. The van der Waals surface area contributed by atoms with E-state index in [1.54, 1.807) is 0 Å². The summed E-state index contributed by atoms with van der Waals surface area (Å²) in [6.45, 7) is 4.48. The Kier molecular flexibility index (Phi) is 5.65. The molecule has 88 valence electrons. The predicted octanol–water partition coefficient (Wildman–Crippen LogP) is 0.527. The highest BCUT2D eigenvalue weighted by atomic mass is 16.5. The van der Waals surface area contributed by atoms with Gasteiger partial charge in [-0.05, 0) is 38.8 Å². The van der Waals surface area contributed by atoms with E-state index in [-0.39, 0.29) is 12.0 Å². The van der Waals surface area contributed by atoms with Crippen LogP contribution in [0.3, 0.4) is 0 Å². The SMILES string of the molecule is CNCC(C)CNC(=O)C1CCCCO1. The summed E-state index contributed by atoms with van der Waals surface area (Å²) < 4.78 is 5.40. The first-order chi connectivity index (χ1) is 7.24. The van der Waals surface area contributed by atoms with Crippen molar-refractivity contribution in [2.24, 2.45) is 5.92 Å². The minimum atomic E-state index is -0.208. The molecule has 2 unspecified atom stereocenters. The van der Waals surface area contributed by atoms with Gasteiger partial charge in [0.05, 0.1) is 0 Å². The zero-order chi connectivity index (χ0) is 11.1. The molecule has 0 aromatic rings. The topological polar surface area (TPSA) is 50.4 Å². The molecular weight excluding hydrogens is 192 g/mol. The third-order valence-corrected chi connectivity index (χ3v) is 2.65. The molecule has 0 aromatic carbocycles. The minimum Gasteiger partial charge on any atom is -0.368 e. The zero-order valence-electron chi connectivity index (χ0n) is 9.71. The third kappa shape index (κ3) is 4.62. The van der Waals surface area contributed by atoms with Crippen molar-refractivity contribution < 1.29 is 9.53 Å². The Morgan fingerprint density at radius 3 is 2.87 bits per heavy atom. The second-order valence-electron chi connectivity index (χ2n) is 4.26. The van der Waals surface area contributed by atoms with Crippen molar-refractivity contribution in [2.45, 2.75) is 32.3 Å². The number of hydrogen-bond donors (Lipinski definition) is 2. The molecule has 0 aromatic heterocycles. The molecule has 1 saturated heterocycles. The zero-order valence-corrected chi connectivity index (χ0v) is 9.71. The number of hydrogen-bond acceptors (Lipinski definition) is 3. The largest absolute Gasteiger partial charge is 0.368 e. The fourth-order valence-electron chi connectivity index (χ4n) is 1.76. The van der Waals surface area contributed by atoms with Crippen LogP contribution in [0.25, 0.3) is 0 Å². The van der Waals surface area contributed by atoms with Crippen LogP contribution in [0.15, 0.2) is 0 Å². The van der Waals surface area contributed by atoms with E-state index < -0.39 is 0 Å². The molecule has 15 heavy (non-hydrogen) atoms. The molecule has 4 heteroatoms. The van der Waals surface area contributed by atoms with Crippen LogP contribution >= 0.6 is 0 Å². The number of ether oxygens (including phenoxy) is 1. The van der Waals surface area contributed by atoms with Gasteiger partial charge in [-0.15, -0.1) is 0 Å². The van der Waals surface area contributed by atoms with Crippen LogP contribution in [0.5, 0.6) is 0 Å². The molecule has 0 spiro atoms. The highest BCUT2D eigenvalue weighted by Gasteiger charge is 2.21. The Morgan fingerprint density at radius 2 is 2.27 bits per heavy atom. The molecule has 2 atom stereocenters. The molecule has 1 heterocycles. The van der Waals surface area contributed by atoms with Crippen molar-refractivity contribution in [3.05, 3.63) is 0 Å². The molecule has 4 nitrogen and oxygen atoms in total.